The van der Waals surface area contributed by atoms with E-state index in [4.69, 9.17) is 9.15 Å². The molecule has 6 nitrogen and oxygen atoms in total. The van der Waals surface area contributed by atoms with Crippen LogP contribution >= 0.6 is 11.3 Å². The number of benzene rings is 1. The molecular formula is C15H13N3O3S. The molecule has 3 aromatic rings. The van der Waals surface area contributed by atoms with E-state index in [0.29, 0.717) is 5.89 Å². The number of rotatable bonds is 5. The highest BCUT2D eigenvalue weighted by Crippen LogP contribution is 2.22. The van der Waals surface area contributed by atoms with E-state index in [-0.39, 0.29) is 18.3 Å². The molecule has 0 bridgehead atoms. The van der Waals surface area contributed by atoms with Crippen molar-refractivity contribution < 1.29 is 13.9 Å². The Hall–Kier alpha value is -2.67. The van der Waals surface area contributed by atoms with Gasteiger partial charge in [-0.2, -0.15) is 0 Å². The third kappa shape index (κ3) is 3.32. The van der Waals surface area contributed by atoms with Gasteiger partial charge >= 0.3 is 6.01 Å². The van der Waals surface area contributed by atoms with Crippen molar-refractivity contribution >= 4 is 23.3 Å². The Morgan fingerprint density at radius 2 is 2.09 bits per heavy atom. The van der Waals surface area contributed by atoms with Crippen LogP contribution in [0.1, 0.15) is 4.88 Å². The van der Waals surface area contributed by atoms with E-state index in [1.807, 2.05) is 29.6 Å². The normalized spacial score (nSPS) is 10.4. The van der Waals surface area contributed by atoms with E-state index in [9.17, 15) is 4.79 Å². The molecule has 0 radical (unpaired) electrons. The number of amides is 1. The van der Waals surface area contributed by atoms with Gasteiger partial charge < -0.3 is 9.15 Å². The highest BCUT2D eigenvalue weighted by Gasteiger charge is 2.12. The molecule has 0 saturated heterocycles. The van der Waals surface area contributed by atoms with Gasteiger partial charge in [-0.05, 0) is 35.7 Å². The van der Waals surface area contributed by atoms with Crippen molar-refractivity contribution in [3.05, 3.63) is 46.7 Å². The van der Waals surface area contributed by atoms with Crippen LogP contribution in [0.25, 0.3) is 11.5 Å². The van der Waals surface area contributed by atoms with Crippen LogP contribution in [0.5, 0.6) is 5.75 Å². The van der Waals surface area contributed by atoms with Crippen molar-refractivity contribution in [3.8, 4) is 17.2 Å². The fourth-order valence-electron chi connectivity index (χ4n) is 1.86. The Balaban J connectivity index is 1.66. The zero-order valence-corrected chi connectivity index (χ0v) is 12.6. The number of thiophene rings is 1. The predicted octanol–water partition coefficient (Wildman–Crippen LogP) is 2.99. The minimum absolute atomic E-state index is 0.0902. The summed E-state index contributed by atoms with van der Waals surface area (Å²) >= 11 is 1.53. The van der Waals surface area contributed by atoms with Crippen LogP contribution in [0.15, 0.2) is 46.2 Å². The summed E-state index contributed by atoms with van der Waals surface area (Å²) in [7, 11) is 1.60. The number of ether oxygens (including phenoxy) is 1. The van der Waals surface area contributed by atoms with Gasteiger partial charge in [0, 0.05) is 10.4 Å². The fraction of sp³-hybridized carbons (Fsp3) is 0.133. The topological polar surface area (TPSA) is 77.3 Å². The second kappa shape index (κ2) is 6.40. The van der Waals surface area contributed by atoms with Crippen LogP contribution in [-0.2, 0) is 11.2 Å². The molecule has 3 rings (SSSR count). The summed E-state index contributed by atoms with van der Waals surface area (Å²) in [5.41, 5.74) is 0.757. The van der Waals surface area contributed by atoms with Crippen LogP contribution in [0.3, 0.4) is 0 Å². The first kappa shape index (κ1) is 14.3. The summed E-state index contributed by atoms with van der Waals surface area (Å²) < 4.78 is 10.5. The minimum atomic E-state index is -0.188. The summed E-state index contributed by atoms with van der Waals surface area (Å²) in [6.45, 7) is 0. The quantitative estimate of drug-likeness (QED) is 0.783. The highest BCUT2D eigenvalue weighted by atomic mass is 32.1. The summed E-state index contributed by atoms with van der Waals surface area (Å²) in [4.78, 5) is 12.8. The molecule has 0 spiro atoms. The van der Waals surface area contributed by atoms with Gasteiger partial charge in [0.15, 0.2) is 0 Å². The molecule has 1 N–H and O–H groups in total. The van der Waals surface area contributed by atoms with Gasteiger partial charge in [-0.15, -0.1) is 16.4 Å². The first-order valence-electron chi connectivity index (χ1n) is 6.55. The standard InChI is InChI=1S/C15H13N3O3S/c1-20-11-6-4-10(5-7-11)14-17-18-15(21-14)16-13(19)9-12-3-2-8-22-12/h2-8H,9H2,1H3,(H,16,18,19). The average Bonchev–Trinajstić information content (AvgIpc) is 3.19. The first-order valence-corrected chi connectivity index (χ1v) is 7.43. The molecule has 22 heavy (non-hydrogen) atoms. The lowest BCUT2D eigenvalue weighted by molar-refractivity contribution is -0.115. The maximum absolute atomic E-state index is 11.9. The Bertz CT molecular complexity index is 751. The van der Waals surface area contributed by atoms with Gasteiger partial charge in [0.05, 0.1) is 13.5 Å². The average molecular weight is 315 g/mol. The van der Waals surface area contributed by atoms with Gasteiger partial charge in [-0.1, -0.05) is 11.2 Å². The van der Waals surface area contributed by atoms with Crippen molar-refractivity contribution in [2.75, 3.05) is 12.4 Å². The molecule has 112 valence electrons. The van der Waals surface area contributed by atoms with Gasteiger partial charge in [0.1, 0.15) is 5.75 Å². The van der Waals surface area contributed by atoms with E-state index in [0.717, 1.165) is 16.2 Å². The van der Waals surface area contributed by atoms with Gasteiger partial charge in [0.2, 0.25) is 11.8 Å². The lowest BCUT2D eigenvalue weighted by Gasteiger charge is -1.99. The number of hydrogen-bond acceptors (Lipinski definition) is 6. The Morgan fingerprint density at radius 3 is 2.77 bits per heavy atom. The maximum Gasteiger partial charge on any atom is 0.322 e. The van der Waals surface area contributed by atoms with Gasteiger partial charge in [-0.25, -0.2) is 0 Å². The number of carbonyl (C=O) groups excluding carboxylic acids is 1. The largest absolute Gasteiger partial charge is 0.497 e. The van der Waals surface area contributed by atoms with Crippen LogP contribution < -0.4 is 10.1 Å². The number of nitrogens with zero attached hydrogens (tertiary/aromatic N) is 2. The zero-order chi connectivity index (χ0) is 15.4. The molecule has 0 aliphatic heterocycles. The van der Waals surface area contributed by atoms with E-state index in [1.165, 1.54) is 11.3 Å². The SMILES string of the molecule is COc1ccc(-c2nnc(NC(=O)Cc3cccs3)o2)cc1. The molecule has 1 amide bonds. The molecule has 1 aromatic carbocycles. The zero-order valence-electron chi connectivity index (χ0n) is 11.8. The van der Waals surface area contributed by atoms with Crippen LogP contribution in [0.2, 0.25) is 0 Å². The molecule has 2 heterocycles. The minimum Gasteiger partial charge on any atom is -0.497 e. The lowest BCUT2D eigenvalue weighted by Crippen LogP contribution is -2.13. The van der Waals surface area contributed by atoms with Crippen molar-refractivity contribution in [3.63, 3.8) is 0 Å². The number of nitrogens with one attached hydrogen (secondary N) is 1. The van der Waals surface area contributed by atoms with Crippen molar-refractivity contribution in [1.29, 1.82) is 0 Å². The molecule has 0 aliphatic carbocycles. The summed E-state index contributed by atoms with van der Waals surface area (Å²) in [5.74, 6) is 0.897. The van der Waals surface area contributed by atoms with Crippen LogP contribution in [0, 0.1) is 0 Å². The maximum atomic E-state index is 11.9. The van der Waals surface area contributed by atoms with Gasteiger partial charge in [0.25, 0.3) is 0 Å². The molecule has 7 heteroatoms. The Kier molecular flexibility index (Phi) is 4.15. The Morgan fingerprint density at radius 1 is 1.27 bits per heavy atom. The molecule has 0 aliphatic rings. The van der Waals surface area contributed by atoms with E-state index < -0.39 is 0 Å². The summed E-state index contributed by atoms with van der Waals surface area (Å²) in [6, 6.07) is 11.1. The number of hydrogen-bond donors (Lipinski definition) is 1. The number of carbonyl (C=O) groups is 1. The number of anilines is 1. The molecular weight excluding hydrogens is 302 g/mol. The molecule has 2 aromatic heterocycles. The molecule has 0 fully saturated rings. The van der Waals surface area contributed by atoms with Crippen molar-refractivity contribution in [2.24, 2.45) is 0 Å². The fourth-order valence-corrected chi connectivity index (χ4v) is 2.56. The van der Waals surface area contributed by atoms with Crippen LogP contribution in [-0.4, -0.2) is 23.2 Å². The van der Waals surface area contributed by atoms with E-state index in [1.54, 1.807) is 19.2 Å². The van der Waals surface area contributed by atoms with Gasteiger partial charge in [-0.3, -0.25) is 10.1 Å². The number of aromatic nitrogens is 2. The third-order valence-electron chi connectivity index (χ3n) is 2.92. The summed E-state index contributed by atoms with van der Waals surface area (Å²) in [6.07, 6.45) is 0.290. The molecule has 0 atom stereocenters. The predicted molar refractivity (Wildman–Crippen MR) is 82.9 cm³/mol. The second-order valence-electron chi connectivity index (χ2n) is 4.45. The van der Waals surface area contributed by atoms with Crippen LogP contribution in [0.4, 0.5) is 6.01 Å². The van der Waals surface area contributed by atoms with E-state index in [2.05, 4.69) is 15.5 Å². The highest BCUT2D eigenvalue weighted by molar-refractivity contribution is 7.10. The third-order valence-corrected chi connectivity index (χ3v) is 3.80. The van der Waals surface area contributed by atoms with Crippen molar-refractivity contribution in [1.82, 2.24) is 10.2 Å². The Labute approximate surface area is 130 Å². The summed E-state index contributed by atoms with van der Waals surface area (Å²) in [5, 5.41) is 12.3. The monoisotopic (exact) mass is 315 g/mol. The molecule has 0 unspecified atom stereocenters. The lowest BCUT2D eigenvalue weighted by atomic mass is 10.2. The number of methoxy groups -OCH3 is 1. The van der Waals surface area contributed by atoms with E-state index >= 15 is 0 Å². The second-order valence-corrected chi connectivity index (χ2v) is 5.48. The first-order chi connectivity index (χ1) is 10.7. The van der Waals surface area contributed by atoms with Crippen molar-refractivity contribution in [2.45, 2.75) is 6.42 Å². The molecule has 0 saturated carbocycles. The smallest absolute Gasteiger partial charge is 0.322 e.